The van der Waals surface area contributed by atoms with Crippen LogP contribution in [0.15, 0.2) is 85.6 Å². The number of rotatable bonds is 9. The highest BCUT2D eigenvalue weighted by Gasteiger charge is 2.17. The van der Waals surface area contributed by atoms with Gasteiger partial charge in [-0.1, -0.05) is 0 Å². The van der Waals surface area contributed by atoms with Gasteiger partial charge in [-0.15, -0.1) is 0 Å². The lowest BCUT2D eigenvalue weighted by Gasteiger charge is -2.26. The molecule has 0 aliphatic heterocycles. The van der Waals surface area contributed by atoms with Crippen molar-refractivity contribution in [3.63, 3.8) is 0 Å². The smallest absolute Gasteiger partial charge is 0.139 e. The SMILES string of the molecule is COc1cc(OC)cc(N(Cc2nccn2SN(C)C)c2ccc3ncc(-c4ccncc4)cc3c2)c1. The van der Waals surface area contributed by atoms with E-state index in [1.165, 1.54) is 0 Å². The van der Waals surface area contributed by atoms with Gasteiger partial charge in [-0.2, -0.15) is 0 Å². The molecule has 3 aromatic heterocycles. The number of hydrogen-bond acceptors (Lipinski definition) is 8. The summed E-state index contributed by atoms with van der Waals surface area (Å²) >= 11 is 1.58. The Morgan fingerprint density at radius 2 is 1.57 bits per heavy atom. The van der Waals surface area contributed by atoms with Crippen molar-refractivity contribution >= 4 is 34.4 Å². The van der Waals surface area contributed by atoms with Gasteiger partial charge in [-0.05, 0) is 56.1 Å². The minimum Gasteiger partial charge on any atom is -0.497 e. The zero-order valence-corrected chi connectivity index (χ0v) is 22.0. The van der Waals surface area contributed by atoms with E-state index in [2.05, 4.69) is 37.0 Å². The quantitative estimate of drug-likeness (QED) is 0.229. The zero-order valence-electron chi connectivity index (χ0n) is 21.2. The molecule has 0 radical (unpaired) electrons. The van der Waals surface area contributed by atoms with Crippen molar-refractivity contribution in [2.75, 3.05) is 33.2 Å². The van der Waals surface area contributed by atoms with E-state index >= 15 is 0 Å². The summed E-state index contributed by atoms with van der Waals surface area (Å²) in [7, 11) is 7.34. The number of aromatic nitrogens is 4. The number of hydrogen-bond donors (Lipinski definition) is 0. The van der Waals surface area contributed by atoms with Gasteiger partial charge in [-0.3, -0.25) is 13.9 Å². The van der Waals surface area contributed by atoms with Crippen LogP contribution in [0.3, 0.4) is 0 Å². The van der Waals surface area contributed by atoms with Gasteiger partial charge < -0.3 is 14.4 Å². The molecule has 188 valence electrons. The molecule has 0 saturated carbocycles. The zero-order chi connectivity index (χ0) is 25.8. The first-order valence-electron chi connectivity index (χ1n) is 11.7. The van der Waals surface area contributed by atoms with Gasteiger partial charge in [0.15, 0.2) is 0 Å². The second kappa shape index (κ2) is 10.9. The van der Waals surface area contributed by atoms with Gasteiger partial charge in [0, 0.05) is 83.6 Å². The standard InChI is InChI=1S/C28H28N6O2S/c1-32(2)37-34-12-11-30-28(34)19-33(24-15-25(35-3)17-26(16-24)36-4)23-5-6-27-21(14-23)13-22(18-31-27)20-7-9-29-10-8-20/h5-18H,19H2,1-4H3. The molecule has 0 aliphatic rings. The number of imidazole rings is 1. The van der Waals surface area contributed by atoms with Crippen LogP contribution in [-0.2, 0) is 6.54 Å². The number of methoxy groups -OCH3 is 2. The third-order valence-electron chi connectivity index (χ3n) is 5.87. The molecule has 0 saturated heterocycles. The fourth-order valence-electron chi connectivity index (χ4n) is 4.09. The van der Waals surface area contributed by atoms with E-state index in [0.717, 1.165) is 39.2 Å². The maximum Gasteiger partial charge on any atom is 0.139 e. The maximum atomic E-state index is 5.58. The van der Waals surface area contributed by atoms with E-state index < -0.39 is 0 Å². The van der Waals surface area contributed by atoms with Crippen LogP contribution in [0, 0.1) is 0 Å². The average Bonchev–Trinajstić information content (AvgIpc) is 3.36. The first kappa shape index (κ1) is 24.6. The maximum absolute atomic E-state index is 5.58. The molecule has 0 amide bonds. The highest BCUT2D eigenvalue weighted by atomic mass is 32.2. The predicted octanol–water partition coefficient (Wildman–Crippen LogP) is 5.82. The number of anilines is 2. The van der Waals surface area contributed by atoms with Crippen molar-refractivity contribution < 1.29 is 9.47 Å². The van der Waals surface area contributed by atoms with Crippen molar-refractivity contribution in [2.24, 2.45) is 0 Å². The Morgan fingerprint density at radius 1 is 0.811 bits per heavy atom. The molecule has 37 heavy (non-hydrogen) atoms. The first-order valence-corrected chi connectivity index (χ1v) is 12.5. The number of fused-ring (bicyclic) bond motifs is 1. The monoisotopic (exact) mass is 512 g/mol. The van der Waals surface area contributed by atoms with Crippen molar-refractivity contribution in [3.8, 4) is 22.6 Å². The highest BCUT2D eigenvalue weighted by Crippen LogP contribution is 2.36. The van der Waals surface area contributed by atoms with Gasteiger partial charge in [-0.25, -0.2) is 9.29 Å². The van der Waals surface area contributed by atoms with Crippen LogP contribution in [0.2, 0.25) is 0 Å². The van der Waals surface area contributed by atoms with Crippen LogP contribution in [-0.4, -0.2) is 51.5 Å². The third-order valence-corrected chi connectivity index (χ3v) is 6.70. The van der Waals surface area contributed by atoms with E-state index in [9.17, 15) is 0 Å². The summed E-state index contributed by atoms with van der Waals surface area (Å²) in [4.78, 5) is 15.7. The second-order valence-corrected chi connectivity index (χ2v) is 9.84. The molecule has 0 spiro atoms. The van der Waals surface area contributed by atoms with Gasteiger partial charge >= 0.3 is 0 Å². The van der Waals surface area contributed by atoms with Crippen molar-refractivity contribution in [3.05, 3.63) is 91.4 Å². The Bertz CT molecular complexity index is 1480. The lowest BCUT2D eigenvalue weighted by atomic mass is 10.1. The van der Waals surface area contributed by atoms with Crippen LogP contribution in [0.25, 0.3) is 22.0 Å². The molecule has 0 atom stereocenters. The summed E-state index contributed by atoms with van der Waals surface area (Å²) in [5.41, 5.74) is 4.97. The lowest BCUT2D eigenvalue weighted by molar-refractivity contribution is 0.394. The minimum absolute atomic E-state index is 0.535. The van der Waals surface area contributed by atoms with E-state index in [4.69, 9.17) is 14.5 Å². The molecule has 0 fully saturated rings. The molecule has 0 N–H and O–H groups in total. The molecule has 9 heteroatoms. The number of pyridine rings is 2. The predicted molar refractivity (Wildman–Crippen MR) is 149 cm³/mol. The van der Waals surface area contributed by atoms with Crippen LogP contribution >= 0.6 is 12.1 Å². The van der Waals surface area contributed by atoms with Crippen LogP contribution in [0.5, 0.6) is 11.5 Å². The van der Waals surface area contributed by atoms with E-state index in [1.807, 2.05) is 73.4 Å². The fourth-order valence-corrected chi connectivity index (χ4v) is 4.75. The Hall–Kier alpha value is -4.08. The van der Waals surface area contributed by atoms with Gasteiger partial charge in [0.1, 0.15) is 17.3 Å². The number of benzene rings is 2. The molecule has 2 aromatic carbocycles. The molecular weight excluding hydrogens is 484 g/mol. The Labute approximate surface area is 220 Å². The average molecular weight is 513 g/mol. The molecule has 0 unspecified atom stereocenters. The van der Waals surface area contributed by atoms with Crippen LogP contribution in [0.1, 0.15) is 5.82 Å². The lowest BCUT2D eigenvalue weighted by Crippen LogP contribution is -2.19. The summed E-state index contributed by atoms with van der Waals surface area (Å²) in [6, 6.07) is 18.3. The largest absolute Gasteiger partial charge is 0.497 e. The third kappa shape index (κ3) is 5.52. The normalized spacial score (nSPS) is 11.2. The Kier molecular flexibility index (Phi) is 7.25. The summed E-state index contributed by atoms with van der Waals surface area (Å²) in [6.45, 7) is 0.535. The van der Waals surface area contributed by atoms with Crippen molar-refractivity contribution in [1.29, 1.82) is 0 Å². The van der Waals surface area contributed by atoms with Crippen LogP contribution in [0.4, 0.5) is 11.4 Å². The molecule has 0 bridgehead atoms. The van der Waals surface area contributed by atoms with Gasteiger partial charge in [0.2, 0.25) is 0 Å². The number of ether oxygens (including phenoxy) is 2. The topological polar surface area (TPSA) is 68.5 Å². The molecule has 8 nitrogen and oxygen atoms in total. The molecule has 0 aliphatic carbocycles. The molecule has 5 aromatic rings. The van der Waals surface area contributed by atoms with Gasteiger partial charge in [0.25, 0.3) is 0 Å². The van der Waals surface area contributed by atoms with Crippen molar-refractivity contribution in [2.45, 2.75) is 6.54 Å². The molecule has 5 rings (SSSR count). The fraction of sp³-hybridized carbons (Fsp3) is 0.179. The molecular formula is C28H28N6O2S. The summed E-state index contributed by atoms with van der Waals surface area (Å²) in [5, 5.41) is 1.04. The second-order valence-electron chi connectivity index (χ2n) is 8.56. The van der Waals surface area contributed by atoms with E-state index in [0.29, 0.717) is 18.0 Å². The highest BCUT2D eigenvalue weighted by molar-refractivity contribution is 7.95. The summed E-state index contributed by atoms with van der Waals surface area (Å²) in [6.07, 6.45) is 9.28. The molecule has 3 heterocycles. The van der Waals surface area contributed by atoms with E-state index in [1.54, 1.807) is 38.7 Å². The first-order chi connectivity index (χ1) is 18.0. The van der Waals surface area contributed by atoms with Gasteiger partial charge in [0.05, 0.1) is 26.3 Å². The Morgan fingerprint density at radius 3 is 2.27 bits per heavy atom. The summed E-state index contributed by atoms with van der Waals surface area (Å²) < 4.78 is 15.3. The minimum atomic E-state index is 0.535. The van der Waals surface area contributed by atoms with Crippen molar-refractivity contribution in [1.82, 2.24) is 23.2 Å². The van der Waals surface area contributed by atoms with Crippen LogP contribution < -0.4 is 14.4 Å². The number of nitrogens with zero attached hydrogens (tertiary/aromatic N) is 6. The summed E-state index contributed by atoms with van der Waals surface area (Å²) in [5.74, 6) is 2.34. The van der Waals surface area contributed by atoms with E-state index in [-0.39, 0.29) is 0 Å². The Balaban J connectivity index is 1.61.